The van der Waals surface area contributed by atoms with Gasteiger partial charge in [-0.1, -0.05) is 6.07 Å². The molecule has 0 bridgehead atoms. The van der Waals surface area contributed by atoms with Gasteiger partial charge in [0.15, 0.2) is 0 Å². The Morgan fingerprint density at radius 2 is 2.22 bits per heavy atom. The molecule has 0 aliphatic carbocycles. The third-order valence-electron chi connectivity index (χ3n) is 2.85. The Balaban J connectivity index is 1.97. The van der Waals surface area contributed by atoms with Crippen LogP contribution in [0, 0.1) is 6.92 Å². The van der Waals surface area contributed by atoms with E-state index in [1.165, 1.54) is 5.39 Å². The number of alkyl halides is 1. The van der Waals surface area contributed by atoms with E-state index in [9.17, 15) is 4.79 Å². The van der Waals surface area contributed by atoms with Gasteiger partial charge in [-0.15, -0.1) is 11.6 Å². The van der Waals surface area contributed by atoms with Crippen LogP contribution in [-0.2, 0) is 11.3 Å². The zero-order valence-electron chi connectivity index (χ0n) is 10.4. The zero-order valence-corrected chi connectivity index (χ0v) is 11.2. The lowest BCUT2D eigenvalue weighted by Crippen LogP contribution is -2.22. The fraction of sp³-hybridized carbons (Fsp3) is 0.357. The summed E-state index contributed by atoms with van der Waals surface area (Å²) < 4.78 is 0. The van der Waals surface area contributed by atoms with Crippen LogP contribution in [0.1, 0.15) is 24.1 Å². The summed E-state index contributed by atoms with van der Waals surface area (Å²) in [6.07, 6.45) is 1.22. The number of benzene rings is 1. The molecular formula is C14H17ClN2O. The predicted molar refractivity (Wildman–Crippen MR) is 74.8 cm³/mol. The van der Waals surface area contributed by atoms with Crippen molar-refractivity contribution in [3.05, 3.63) is 35.5 Å². The Bertz CT molecular complexity index is 548. The normalized spacial score (nSPS) is 10.8. The van der Waals surface area contributed by atoms with Gasteiger partial charge in [-0.2, -0.15) is 0 Å². The number of aryl methyl sites for hydroxylation is 1. The monoisotopic (exact) mass is 264 g/mol. The van der Waals surface area contributed by atoms with Crippen LogP contribution in [0.4, 0.5) is 0 Å². The summed E-state index contributed by atoms with van der Waals surface area (Å²) in [5, 5.41) is 4.08. The van der Waals surface area contributed by atoms with E-state index in [1.807, 2.05) is 19.1 Å². The SMILES string of the molecule is Cc1cc2cc(CNC(=O)CCCCl)ccc2[nH]1. The molecule has 0 fully saturated rings. The second-order valence-electron chi connectivity index (χ2n) is 4.44. The van der Waals surface area contributed by atoms with Crippen LogP contribution in [-0.4, -0.2) is 16.8 Å². The topological polar surface area (TPSA) is 44.9 Å². The van der Waals surface area contributed by atoms with Crippen molar-refractivity contribution in [2.24, 2.45) is 0 Å². The van der Waals surface area contributed by atoms with Gasteiger partial charge < -0.3 is 10.3 Å². The Morgan fingerprint density at radius 1 is 1.39 bits per heavy atom. The van der Waals surface area contributed by atoms with Crippen LogP contribution in [0.15, 0.2) is 24.3 Å². The van der Waals surface area contributed by atoms with Crippen LogP contribution in [0.2, 0.25) is 0 Å². The molecule has 0 aliphatic heterocycles. The van der Waals surface area contributed by atoms with Gasteiger partial charge in [0.2, 0.25) is 5.91 Å². The van der Waals surface area contributed by atoms with Crippen molar-refractivity contribution in [2.75, 3.05) is 5.88 Å². The number of H-pyrrole nitrogens is 1. The molecule has 2 aromatic rings. The number of hydrogen-bond donors (Lipinski definition) is 2. The molecule has 0 atom stereocenters. The smallest absolute Gasteiger partial charge is 0.220 e. The molecule has 96 valence electrons. The van der Waals surface area contributed by atoms with E-state index in [4.69, 9.17) is 11.6 Å². The molecule has 0 saturated heterocycles. The zero-order chi connectivity index (χ0) is 13.0. The van der Waals surface area contributed by atoms with Crippen LogP contribution in [0.5, 0.6) is 0 Å². The molecule has 2 rings (SSSR count). The first-order chi connectivity index (χ1) is 8.69. The maximum Gasteiger partial charge on any atom is 0.220 e. The summed E-state index contributed by atoms with van der Waals surface area (Å²) in [6, 6.07) is 8.28. The Kier molecular flexibility index (Phi) is 4.26. The predicted octanol–water partition coefficient (Wildman–Crippen LogP) is 3.11. The number of rotatable bonds is 5. The van der Waals surface area contributed by atoms with Crippen molar-refractivity contribution < 1.29 is 4.79 Å². The number of aromatic nitrogens is 1. The summed E-state index contributed by atoms with van der Waals surface area (Å²) in [4.78, 5) is 14.7. The van der Waals surface area contributed by atoms with Crippen LogP contribution in [0.25, 0.3) is 10.9 Å². The molecule has 0 radical (unpaired) electrons. The van der Waals surface area contributed by atoms with Gasteiger partial charge in [0, 0.05) is 30.1 Å². The Hall–Kier alpha value is -1.48. The summed E-state index contributed by atoms with van der Waals surface area (Å²) in [5.41, 5.74) is 3.39. The third kappa shape index (κ3) is 3.26. The standard InChI is InChI=1S/C14H17ClN2O/c1-10-7-12-8-11(4-5-13(12)17-10)9-16-14(18)3-2-6-15/h4-5,7-8,17H,2-3,6,9H2,1H3,(H,16,18). The van der Waals surface area contributed by atoms with Crippen molar-refractivity contribution >= 4 is 28.4 Å². The molecule has 18 heavy (non-hydrogen) atoms. The Labute approximate surface area is 112 Å². The molecule has 1 heterocycles. The first kappa shape index (κ1) is 13.0. The minimum atomic E-state index is 0.0565. The number of carbonyl (C=O) groups is 1. The summed E-state index contributed by atoms with van der Waals surface area (Å²) >= 11 is 5.55. The van der Waals surface area contributed by atoms with E-state index in [0.29, 0.717) is 18.8 Å². The summed E-state index contributed by atoms with van der Waals surface area (Å²) in [7, 11) is 0. The van der Waals surface area contributed by atoms with Gasteiger partial charge in [0.05, 0.1) is 0 Å². The van der Waals surface area contributed by atoms with Crippen molar-refractivity contribution in [1.82, 2.24) is 10.3 Å². The highest BCUT2D eigenvalue weighted by atomic mass is 35.5. The second-order valence-corrected chi connectivity index (χ2v) is 4.82. The first-order valence-electron chi connectivity index (χ1n) is 6.10. The number of amides is 1. The lowest BCUT2D eigenvalue weighted by atomic mass is 10.1. The van der Waals surface area contributed by atoms with E-state index in [2.05, 4.69) is 22.4 Å². The van der Waals surface area contributed by atoms with Crippen LogP contribution in [0.3, 0.4) is 0 Å². The number of carbonyl (C=O) groups excluding carboxylic acids is 1. The average Bonchev–Trinajstić information content (AvgIpc) is 2.73. The molecule has 1 amide bonds. The molecule has 0 aliphatic rings. The minimum absolute atomic E-state index is 0.0565. The van der Waals surface area contributed by atoms with E-state index in [-0.39, 0.29) is 5.91 Å². The summed E-state index contributed by atoms with van der Waals surface area (Å²) in [6.45, 7) is 2.61. The third-order valence-corrected chi connectivity index (χ3v) is 3.11. The second kappa shape index (κ2) is 5.91. The molecule has 3 nitrogen and oxygen atoms in total. The van der Waals surface area contributed by atoms with Gasteiger partial charge in [0.1, 0.15) is 0 Å². The molecule has 0 unspecified atom stereocenters. The number of fused-ring (bicyclic) bond motifs is 1. The highest BCUT2D eigenvalue weighted by molar-refractivity contribution is 6.17. The van der Waals surface area contributed by atoms with Gasteiger partial charge in [-0.3, -0.25) is 4.79 Å². The molecule has 1 aromatic carbocycles. The molecule has 0 spiro atoms. The lowest BCUT2D eigenvalue weighted by Gasteiger charge is -2.04. The van der Waals surface area contributed by atoms with Crippen molar-refractivity contribution in [3.8, 4) is 0 Å². The van der Waals surface area contributed by atoms with Gasteiger partial charge in [-0.05, 0) is 42.5 Å². The quantitative estimate of drug-likeness (QED) is 0.801. The molecular weight excluding hydrogens is 248 g/mol. The average molecular weight is 265 g/mol. The van der Waals surface area contributed by atoms with Crippen LogP contribution < -0.4 is 5.32 Å². The lowest BCUT2D eigenvalue weighted by molar-refractivity contribution is -0.121. The van der Waals surface area contributed by atoms with E-state index < -0.39 is 0 Å². The molecule has 1 aromatic heterocycles. The summed E-state index contributed by atoms with van der Waals surface area (Å²) in [5.74, 6) is 0.586. The molecule has 2 N–H and O–H groups in total. The number of hydrogen-bond acceptors (Lipinski definition) is 1. The van der Waals surface area contributed by atoms with Gasteiger partial charge in [0.25, 0.3) is 0 Å². The largest absolute Gasteiger partial charge is 0.359 e. The molecule has 0 saturated carbocycles. The van der Waals surface area contributed by atoms with Crippen LogP contribution >= 0.6 is 11.6 Å². The number of nitrogens with one attached hydrogen (secondary N) is 2. The number of halogens is 1. The van der Waals surface area contributed by atoms with Crippen molar-refractivity contribution in [1.29, 1.82) is 0 Å². The fourth-order valence-electron chi connectivity index (χ4n) is 1.95. The maximum absolute atomic E-state index is 11.5. The first-order valence-corrected chi connectivity index (χ1v) is 6.63. The minimum Gasteiger partial charge on any atom is -0.359 e. The van der Waals surface area contributed by atoms with E-state index in [1.54, 1.807) is 0 Å². The van der Waals surface area contributed by atoms with E-state index in [0.717, 1.165) is 23.2 Å². The van der Waals surface area contributed by atoms with Crippen molar-refractivity contribution in [3.63, 3.8) is 0 Å². The maximum atomic E-state index is 11.5. The van der Waals surface area contributed by atoms with Crippen molar-refractivity contribution in [2.45, 2.75) is 26.3 Å². The molecule has 4 heteroatoms. The highest BCUT2D eigenvalue weighted by Crippen LogP contribution is 2.16. The Morgan fingerprint density at radius 3 is 3.00 bits per heavy atom. The van der Waals surface area contributed by atoms with Gasteiger partial charge >= 0.3 is 0 Å². The van der Waals surface area contributed by atoms with Gasteiger partial charge in [-0.25, -0.2) is 0 Å². The fourth-order valence-corrected chi connectivity index (χ4v) is 2.09. The highest BCUT2D eigenvalue weighted by Gasteiger charge is 2.02. The number of aromatic amines is 1. The van der Waals surface area contributed by atoms with E-state index >= 15 is 0 Å².